The van der Waals surface area contributed by atoms with E-state index in [0.717, 1.165) is 11.3 Å². The number of carbonyl (C=O) groups excluding carboxylic acids is 1. The zero-order valence-electron chi connectivity index (χ0n) is 13.0. The SMILES string of the molecule is Cc1cccc(Nc2nc(N)c(C(=O)c3ccccc3)s2)c1C. The Morgan fingerprint density at radius 3 is 2.57 bits per heavy atom. The molecule has 0 saturated heterocycles. The monoisotopic (exact) mass is 323 g/mol. The van der Waals surface area contributed by atoms with Crippen molar-refractivity contribution in [3.8, 4) is 0 Å². The van der Waals surface area contributed by atoms with Crippen molar-refractivity contribution in [2.45, 2.75) is 13.8 Å². The van der Waals surface area contributed by atoms with Gasteiger partial charge < -0.3 is 11.1 Å². The van der Waals surface area contributed by atoms with Gasteiger partial charge in [-0.05, 0) is 31.0 Å². The maximum atomic E-state index is 12.5. The molecule has 4 nitrogen and oxygen atoms in total. The van der Waals surface area contributed by atoms with Crippen LogP contribution in [-0.4, -0.2) is 10.8 Å². The molecule has 0 aliphatic heterocycles. The smallest absolute Gasteiger partial charge is 0.206 e. The third kappa shape index (κ3) is 3.10. The summed E-state index contributed by atoms with van der Waals surface area (Å²) in [5.74, 6) is 0.159. The van der Waals surface area contributed by atoms with Crippen LogP contribution in [0.15, 0.2) is 48.5 Å². The molecule has 1 heterocycles. The van der Waals surface area contributed by atoms with Gasteiger partial charge >= 0.3 is 0 Å². The van der Waals surface area contributed by atoms with Crippen LogP contribution in [0, 0.1) is 13.8 Å². The van der Waals surface area contributed by atoms with Crippen LogP contribution in [0.2, 0.25) is 0 Å². The summed E-state index contributed by atoms with van der Waals surface area (Å²) in [5, 5.41) is 3.88. The van der Waals surface area contributed by atoms with E-state index < -0.39 is 0 Å². The van der Waals surface area contributed by atoms with Crippen LogP contribution >= 0.6 is 11.3 Å². The minimum absolute atomic E-state index is 0.102. The standard InChI is InChI=1S/C18H17N3OS/c1-11-7-6-10-14(12(11)2)20-18-21-17(19)16(23-18)15(22)13-8-4-3-5-9-13/h3-10H,19H2,1-2H3,(H,20,21). The van der Waals surface area contributed by atoms with E-state index >= 15 is 0 Å². The number of anilines is 3. The predicted octanol–water partition coefficient (Wildman–Crippen LogP) is 4.32. The fourth-order valence-corrected chi connectivity index (χ4v) is 3.13. The Morgan fingerprint density at radius 2 is 1.83 bits per heavy atom. The molecular weight excluding hydrogens is 306 g/mol. The highest BCUT2D eigenvalue weighted by Gasteiger charge is 2.18. The van der Waals surface area contributed by atoms with Crippen LogP contribution in [0.1, 0.15) is 26.4 Å². The van der Waals surface area contributed by atoms with E-state index in [1.165, 1.54) is 16.9 Å². The van der Waals surface area contributed by atoms with Crippen LogP contribution in [0.4, 0.5) is 16.6 Å². The van der Waals surface area contributed by atoms with Crippen molar-refractivity contribution >= 4 is 33.8 Å². The topological polar surface area (TPSA) is 68.0 Å². The minimum Gasteiger partial charge on any atom is -0.382 e. The van der Waals surface area contributed by atoms with Crippen molar-refractivity contribution in [1.82, 2.24) is 4.98 Å². The molecule has 3 N–H and O–H groups in total. The first-order valence-electron chi connectivity index (χ1n) is 7.25. The summed E-state index contributed by atoms with van der Waals surface area (Å²) < 4.78 is 0. The second-order valence-electron chi connectivity index (χ2n) is 5.30. The molecule has 0 aliphatic rings. The van der Waals surface area contributed by atoms with Crippen molar-refractivity contribution in [3.05, 3.63) is 70.1 Å². The molecular formula is C18H17N3OS. The Balaban J connectivity index is 1.90. The molecule has 23 heavy (non-hydrogen) atoms. The lowest BCUT2D eigenvalue weighted by Gasteiger charge is -2.08. The van der Waals surface area contributed by atoms with E-state index in [1.807, 2.05) is 37.3 Å². The highest BCUT2D eigenvalue weighted by molar-refractivity contribution is 7.18. The molecule has 0 atom stereocenters. The summed E-state index contributed by atoms with van der Waals surface area (Å²) in [6.45, 7) is 4.10. The average Bonchev–Trinajstić information content (AvgIpc) is 2.92. The predicted molar refractivity (Wildman–Crippen MR) is 95.6 cm³/mol. The van der Waals surface area contributed by atoms with E-state index in [2.05, 4.69) is 23.3 Å². The van der Waals surface area contributed by atoms with Gasteiger partial charge in [0.1, 0.15) is 10.7 Å². The number of thiazole rings is 1. The summed E-state index contributed by atoms with van der Waals surface area (Å²) >= 11 is 1.28. The van der Waals surface area contributed by atoms with Crippen LogP contribution in [0.3, 0.4) is 0 Å². The van der Waals surface area contributed by atoms with Crippen molar-refractivity contribution in [3.63, 3.8) is 0 Å². The van der Waals surface area contributed by atoms with Crippen LogP contribution < -0.4 is 11.1 Å². The third-order valence-corrected chi connectivity index (χ3v) is 4.73. The lowest BCUT2D eigenvalue weighted by molar-refractivity contribution is 0.104. The average molecular weight is 323 g/mol. The molecule has 0 amide bonds. The van der Waals surface area contributed by atoms with E-state index in [-0.39, 0.29) is 11.6 Å². The molecule has 1 aromatic heterocycles. The first kappa shape index (κ1) is 15.2. The first-order chi connectivity index (χ1) is 11.1. The summed E-state index contributed by atoms with van der Waals surface area (Å²) in [4.78, 5) is 17.3. The number of nitrogens with zero attached hydrogens (tertiary/aromatic N) is 1. The highest BCUT2D eigenvalue weighted by Crippen LogP contribution is 2.31. The van der Waals surface area contributed by atoms with Crippen molar-refractivity contribution in [2.75, 3.05) is 11.1 Å². The quantitative estimate of drug-likeness (QED) is 0.702. The van der Waals surface area contributed by atoms with E-state index in [9.17, 15) is 4.79 Å². The first-order valence-corrected chi connectivity index (χ1v) is 8.07. The molecule has 0 bridgehead atoms. The van der Waals surface area contributed by atoms with Gasteiger partial charge in [-0.15, -0.1) is 0 Å². The Morgan fingerprint density at radius 1 is 1.09 bits per heavy atom. The number of aryl methyl sites for hydroxylation is 1. The minimum atomic E-state index is -0.102. The molecule has 0 radical (unpaired) electrons. The van der Waals surface area contributed by atoms with E-state index in [0.29, 0.717) is 15.6 Å². The maximum Gasteiger partial charge on any atom is 0.206 e. The maximum absolute atomic E-state index is 12.5. The number of nitrogens with two attached hydrogens (primary N) is 1. The number of carbonyl (C=O) groups is 1. The van der Waals surface area contributed by atoms with Gasteiger partial charge in [0.15, 0.2) is 5.13 Å². The lowest BCUT2D eigenvalue weighted by atomic mass is 10.1. The number of aromatic nitrogens is 1. The number of nitrogens with one attached hydrogen (secondary N) is 1. The molecule has 3 rings (SSSR count). The van der Waals surface area contributed by atoms with Gasteiger partial charge in [0, 0.05) is 11.3 Å². The van der Waals surface area contributed by atoms with Gasteiger partial charge in [-0.2, -0.15) is 0 Å². The zero-order valence-corrected chi connectivity index (χ0v) is 13.8. The summed E-state index contributed by atoms with van der Waals surface area (Å²) in [6, 6.07) is 15.1. The molecule has 0 aliphatic carbocycles. The van der Waals surface area contributed by atoms with Crippen LogP contribution in [0.5, 0.6) is 0 Å². The number of ketones is 1. The van der Waals surface area contributed by atoms with Gasteiger partial charge in [-0.1, -0.05) is 53.8 Å². The van der Waals surface area contributed by atoms with Crippen molar-refractivity contribution in [1.29, 1.82) is 0 Å². The molecule has 5 heteroatoms. The molecule has 0 spiro atoms. The van der Waals surface area contributed by atoms with Crippen LogP contribution in [0.25, 0.3) is 0 Å². The summed E-state index contributed by atoms with van der Waals surface area (Å²) in [6.07, 6.45) is 0. The second-order valence-corrected chi connectivity index (χ2v) is 6.30. The molecule has 3 aromatic rings. The van der Waals surface area contributed by atoms with Crippen molar-refractivity contribution < 1.29 is 4.79 Å². The Hall–Kier alpha value is -2.66. The van der Waals surface area contributed by atoms with Gasteiger partial charge in [-0.25, -0.2) is 4.98 Å². The Labute approximate surface area is 139 Å². The number of rotatable bonds is 4. The Kier molecular flexibility index (Phi) is 4.12. The van der Waals surface area contributed by atoms with E-state index in [4.69, 9.17) is 5.73 Å². The highest BCUT2D eigenvalue weighted by atomic mass is 32.1. The number of hydrogen-bond acceptors (Lipinski definition) is 5. The van der Waals surface area contributed by atoms with Gasteiger partial charge in [-0.3, -0.25) is 4.79 Å². The fourth-order valence-electron chi connectivity index (χ4n) is 2.27. The lowest BCUT2D eigenvalue weighted by Crippen LogP contribution is -2.02. The van der Waals surface area contributed by atoms with Crippen LogP contribution in [-0.2, 0) is 0 Å². The van der Waals surface area contributed by atoms with Gasteiger partial charge in [0.25, 0.3) is 0 Å². The summed E-state index contributed by atoms with van der Waals surface area (Å²) in [7, 11) is 0. The third-order valence-electron chi connectivity index (χ3n) is 3.74. The largest absolute Gasteiger partial charge is 0.382 e. The molecule has 2 aromatic carbocycles. The van der Waals surface area contributed by atoms with Crippen molar-refractivity contribution in [2.24, 2.45) is 0 Å². The summed E-state index contributed by atoms with van der Waals surface area (Å²) in [5.41, 5.74) is 9.87. The van der Waals surface area contributed by atoms with Gasteiger partial charge in [0.05, 0.1) is 0 Å². The Bertz CT molecular complexity index is 856. The fraction of sp³-hybridized carbons (Fsp3) is 0.111. The molecule has 0 unspecified atom stereocenters. The molecule has 0 fully saturated rings. The number of benzene rings is 2. The molecule has 116 valence electrons. The number of hydrogen-bond donors (Lipinski definition) is 2. The molecule has 0 saturated carbocycles. The second kappa shape index (κ2) is 6.22. The number of nitrogen functional groups attached to an aromatic ring is 1. The zero-order chi connectivity index (χ0) is 16.4. The van der Waals surface area contributed by atoms with E-state index in [1.54, 1.807) is 12.1 Å². The normalized spacial score (nSPS) is 10.5. The van der Waals surface area contributed by atoms with Gasteiger partial charge in [0.2, 0.25) is 5.78 Å².